The van der Waals surface area contributed by atoms with Gasteiger partial charge in [-0.2, -0.15) is 4.98 Å². The number of amides is 2. The monoisotopic (exact) mass is 481 g/mol. The second-order valence-electron chi connectivity index (χ2n) is 8.62. The number of aromatic nitrogens is 3. The normalized spacial score (nSPS) is 15.3. The summed E-state index contributed by atoms with van der Waals surface area (Å²) in [4.78, 5) is 26.1. The maximum atomic E-state index is 14.8. The van der Waals surface area contributed by atoms with Crippen molar-refractivity contribution < 1.29 is 13.9 Å². The van der Waals surface area contributed by atoms with E-state index in [0.29, 0.717) is 43.2 Å². The first-order chi connectivity index (χ1) is 17.5. The lowest BCUT2D eigenvalue weighted by Crippen LogP contribution is -2.34. The molecule has 2 aromatic carbocycles. The minimum absolute atomic E-state index is 0.0117. The third-order valence-corrected chi connectivity index (χ3v) is 6.12. The van der Waals surface area contributed by atoms with E-state index >= 15 is 0 Å². The molecule has 6 rings (SSSR count). The van der Waals surface area contributed by atoms with Gasteiger partial charge in [0.15, 0.2) is 0 Å². The van der Waals surface area contributed by atoms with Gasteiger partial charge in [0.05, 0.1) is 18.9 Å². The van der Waals surface area contributed by atoms with E-state index in [4.69, 9.17) is 12.6 Å². The first-order valence-electron chi connectivity index (χ1n) is 11.5. The Hall–Kier alpha value is -4.25. The van der Waals surface area contributed by atoms with Crippen LogP contribution in [0.3, 0.4) is 0 Å². The predicted molar refractivity (Wildman–Crippen MR) is 135 cm³/mol. The molecule has 0 aromatic heterocycles. The molecule has 9 nitrogen and oxygen atoms in total. The number of fused-ring (bicyclic) bond motifs is 3. The molecule has 4 aliphatic rings. The SMILES string of the molecule is [B]c1cc(F)c(NC(=O)Nc2ccccc2)cc1-c1cc2cnc(=NC3COC3)nc-2n2c1NCC2. The van der Waals surface area contributed by atoms with Crippen LogP contribution < -0.4 is 27.0 Å². The summed E-state index contributed by atoms with van der Waals surface area (Å²) in [6, 6.07) is 13.1. The standard InChI is InChI=1S/C25H21BFN7O2/c26-19-10-20(27)21(32-25(35)31-15-4-2-1-3-5-15)9-17(19)18-8-14-11-29-24(30-16-12-36-13-16)33-22(14)34-7-6-28-23(18)34/h1-5,8-11,16,28H,6-7,12-13H2,(H2,31,32,35). The van der Waals surface area contributed by atoms with Gasteiger partial charge in [0.25, 0.3) is 0 Å². The van der Waals surface area contributed by atoms with Crippen LogP contribution in [0.4, 0.5) is 26.4 Å². The molecule has 0 spiro atoms. The van der Waals surface area contributed by atoms with Crippen LogP contribution >= 0.6 is 0 Å². The Morgan fingerprint density at radius 1 is 1.17 bits per heavy atom. The fourth-order valence-electron chi connectivity index (χ4n) is 4.31. The zero-order valence-electron chi connectivity index (χ0n) is 19.2. The molecular formula is C25H21BFN7O2. The van der Waals surface area contributed by atoms with Crippen molar-refractivity contribution in [3.05, 3.63) is 66.2 Å². The Morgan fingerprint density at radius 2 is 2.00 bits per heavy atom. The Bertz CT molecular complexity index is 1500. The maximum Gasteiger partial charge on any atom is 0.323 e. The average molecular weight is 481 g/mol. The van der Waals surface area contributed by atoms with Crippen molar-refractivity contribution >= 4 is 36.5 Å². The van der Waals surface area contributed by atoms with E-state index in [-0.39, 0.29) is 17.2 Å². The van der Waals surface area contributed by atoms with E-state index in [0.717, 1.165) is 22.8 Å². The molecule has 36 heavy (non-hydrogen) atoms. The summed E-state index contributed by atoms with van der Waals surface area (Å²) in [5.74, 6) is 0.915. The summed E-state index contributed by atoms with van der Waals surface area (Å²) in [6.07, 6.45) is 1.72. The summed E-state index contributed by atoms with van der Waals surface area (Å²) in [5, 5.41) is 8.65. The van der Waals surface area contributed by atoms with Crippen LogP contribution in [-0.4, -0.2) is 54.2 Å². The van der Waals surface area contributed by atoms with Gasteiger partial charge in [-0.15, -0.1) is 0 Å². The first-order valence-corrected chi connectivity index (χ1v) is 11.5. The number of para-hydroxylation sites is 1. The highest BCUT2D eigenvalue weighted by Gasteiger charge is 2.24. The van der Waals surface area contributed by atoms with Gasteiger partial charge in [-0.05, 0) is 35.9 Å². The van der Waals surface area contributed by atoms with Gasteiger partial charge in [0.1, 0.15) is 31.3 Å². The molecular weight excluding hydrogens is 460 g/mol. The number of pyridine rings is 1. The van der Waals surface area contributed by atoms with Gasteiger partial charge in [-0.1, -0.05) is 23.7 Å². The van der Waals surface area contributed by atoms with E-state index < -0.39 is 11.8 Å². The number of nitrogens with one attached hydrogen (secondary N) is 3. The number of ether oxygens (including phenoxy) is 1. The Balaban J connectivity index is 1.38. The molecule has 0 unspecified atom stereocenters. The number of hydrogen-bond acceptors (Lipinski definition) is 6. The lowest BCUT2D eigenvalue weighted by atomic mass is 9.86. The second kappa shape index (κ2) is 9.08. The summed E-state index contributed by atoms with van der Waals surface area (Å²) >= 11 is 0. The highest BCUT2D eigenvalue weighted by atomic mass is 19.1. The fourth-order valence-corrected chi connectivity index (χ4v) is 4.31. The van der Waals surface area contributed by atoms with Crippen molar-refractivity contribution in [1.82, 2.24) is 14.5 Å². The fraction of sp³-hybridized carbons (Fsp3) is 0.200. The van der Waals surface area contributed by atoms with Crippen molar-refractivity contribution in [2.45, 2.75) is 12.6 Å². The minimum Gasteiger partial charge on any atom is -0.377 e. The van der Waals surface area contributed by atoms with Crippen molar-refractivity contribution in [3.8, 4) is 22.5 Å². The van der Waals surface area contributed by atoms with Crippen LogP contribution in [0.25, 0.3) is 22.5 Å². The smallest absolute Gasteiger partial charge is 0.323 e. The number of halogens is 1. The zero-order chi connectivity index (χ0) is 24.6. The van der Waals surface area contributed by atoms with Crippen LogP contribution in [0.2, 0.25) is 0 Å². The highest BCUT2D eigenvalue weighted by molar-refractivity contribution is 6.36. The quantitative estimate of drug-likeness (QED) is 0.389. The van der Waals surface area contributed by atoms with Crippen molar-refractivity contribution in [1.29, 1.82) is 0 Å². The number of urea groups is 1. The van der Waals surface area contributed by atoms with Crippen LogP contribution in [0.15, 0.2) is 59.7 Å². The molecule has 4 aliphatic heterocycles. The Morgan fingerprint density at radius 3 is 2.78 bits per heavy atom. The molecule has 2 radical (unpaired) electrons. The van der Waals surface area contributed by atoms with E-state index in [1.54, 1.807) is 36.5 Å². The number of carbonyl (C=O) groups excluding carboxylic acids is 1. The Kier molecular flexibility index (Phi) is 5.61. The summed E-state index contributed by atoms with van der Waals surface area (Å²) in [6.45, 7) is 2.55. The number of anilines is 3. The molecule has 0 saturated carbocycles. The third kappa shape index (κ3) is 4.18. The minimum atomic E-state index is -0.632. The van der Waals surface area contributed by atoms with Crippen LogP contribution in [0.1, 0.15) is 0 Å². The van der Waals surface area contributed by atoms with Crippen LogP contribution in [-0.2, 0) is 11.3 Å². The molecule has 4 heterocycles. The molecule has 3 N–H and O–H groups in total. The van der Waals surface area contributed by atoms with Gasteiger partial charge in [-0.25, -0.2) is 19.2 Å². The maximum absolute atomic E-state index is 14.8. The molecule has 178 valence electrons. The lowest BCUT2D eigenvalue weighted by molar-refractivity contribution is 0.0112. The first kappa shape index (κ1) is 22.2. The molecule has 0 atom stereocenters. The largest absolute Gasteiger partial charge is 0.377 e. The van der Waals surface area contributed by atoms with Crippen LogP contribution in [0, 0.1) is 5.82 Å². The number of benzene rings is 2. The molecule has 0 aliphatic carbocycles. The number of rotatable bonds is 4. The van der Waals surface area contributed by atoms with Crippen molar-refractivity contribution in [2.24, 2.45) is 4.99 Å². The lowest BCUT2D eigenvalue weighted by Gasteiger charge is -2.21. The highest BCUT2D eigenvalue weighted by Crippen LogP contribution is 2.37. The number of carbonyl (C=O) groups is 1. The average Bonchev–Trinajstić information content (AvgIpc) is 3.34. The molecule has 1 fully saturated rings. The van der Waals surface area contributed by atoms with E-state index in [1.807, 2.05) is 16.7 Å². The van der Waals surface area contributed by atoms with Gasteiger partial charge in [0.2, 0.25) is 5.62 Å². The van der Waals surface area contributed by atoms with Gasteiger partial charge >= 0.3 is 6.03 Å². The van der Waals surface area contributed by atoms with Gasteiger partial charge in [-0.3, -0.25) is 0 Å². The third-order valence-electron chi connectivity index (χ3n) is 6.12. The summed E-state index contributed by atoms with van der Waals surface area (Å²) in [7, 11) is 6.25. The molecule has 1 saturated heterocycles. The molecule has 2 aromatic rings. The van der Waals surface area contributed by atoms with Crippen LogP contribution in [0.5, 0.6) is 0 Å². The molecule has 0 bridgehead atoms. The van der Waals surface area contributed by atoms with Gasteiger partial charge < -0.3 is 25.3 Å². The van der Waals surface area contributed by atoms with Crippen molar-refractivity contribution in [2.75, 3.05) is 35.7 Å². The van der Waals surface area contributed by atoms with E-state index in [1.165, 1.54) is 6.07 Å². The number of nitrogens with zero attached hydrogens (tertiary/aromatic N) is 4. The molecule has 2 amide bonds. The zero-order valence-corrected chi connectivity index (χ0v) is 19.2. The predicted octanol–water partition coefficient (Wildman–Crippen LogP) is 2.35. The van der Waals surface area contributed by atoms with E-state index in [9.17, 15) is 9.18 Å². The second-order valence-corrected chi connectivity index (χ2v) is 8.62. The van der Waals surface area contributed by atoms with Gasteiger partial charge in [0, 0.05) is 36.1 Å². The Labute approximate surface area is 207 Å². The summed E-state index contributed by atoms with van der Waals surface area (Å²) in [5.41, 5.74) is 3.39. The molecule has 11 heteroatoms. The van der Waals surface area contributed by atoms with Crippen molar-refractivity contribution in [3.63, 3.8) is 0 Å². The summed E-state index contributed by atoms with van der Waals surface area (Å²) < 4.78 is 22.0. The number of hydrogen-bond donors (Lipinski definition) is 3. The topological polar surface area (TPSA) is 105 Å². The van der Waals surface area contributed by atoms with E-state index in [2.05, 4.69) is 30.9 Å².